The summed E-state index contributed by atoms with van der Waals surface area (Å²) in [6, 6.07) is 11.3. The average molecular weight is 246 g/mol. The highest BCUT2D eigenvalue weighted by molar-refractivity contribution is 5.66. The van der Waals surface area contributed by atoms with Crippen LogP contribution in [0.5, 0.6) is 5.75 Å². The van der Waals surface area contributed by atoms with E-state index >= 15 is 0 Å². The first-order chi connectivity index (χ1) is 8.61. The molecular formula is C14H15FN2O. The predicted octanol–water partition coefficient (Wildman–Crippen LogP) is 2.76. The van der Waals surface area contributed by atoms with Gasteiger partial charge in [0.25, 0.3) is 0 Å². The molecule has 0 heterocycles. The second-order valence-corrected chi connectivity index (χ2v) is 4.05. The fourth-order valence-electron chi connectivity index (χ4n) is 1.86. The van der Waals surface area contributed by atoms with Crippen LogP contribution in [0.3, 0.4) is 0 Å². The van der Waals surface area contributed by atoms with Crippen LogP contribution in [-0.2, 0) is 6.54 Å². The Balaban J connectivity index is 2.39. The van der Waals surface area contributed by atoms with Crippen molar-refractivity contribution in [3.05, 3.63) is 53.8 Å². The Morgan fingerprint density at radius 1 is 1.17 bits per heavy atom. The van der Waals surface area contributed by atoms with Crippen molar-refractivity contribution in [3.63, 3.8) is 0 Å². The van der Waals surface area contributed by atoms with Crippen molar-refractivity contribution in [2.75, 3.05) is 11.9 Å². The minimum Gasteiger partial charge on any atom is -0.508 e. The predicted molar refractivity (Wildman–Crippen MR) is 70.5 cm³/mol. The highest BCUT2D eigenvalue weighted by atomic mass is 19.1. The zero-order valence-corrected chi connectivity index (χ0v) is 10.1. The van der Waals surface area contributed by atoms with Gasteiger partial charge >= 0.3 is 0 Å². The first kappa shape index (κ1) is 12.4. The van der Waals surface area contributed by atoms with Gasteiger partial charge in [-0.3, -0.25) is 0 Å². The van der Waals surface area contributed by atoms with Crippen LogP contribution in [0.25, 0.3) is 0 Å². The van der Waals surface area contributed by atoms with Crippen LogP contribution in [0.4, 0.5) is 15.8 Å². The van der Waals surface area contributed by atoms with E-state index in [4.69, 9.17) is 5.73 Å². The molecule has 0 bridgehead atoms. The number of phenols is 1. The zero-order valence-electron chi connectivity index (χ0n) is 10.1. The van der Waals surface area contributed by atoms with Crippen molar-refractivity contribution >= 4 is 11.4 Å². The molecule has 3 N–H and O–H groups in total. The second kappa shape index (κ2) is 5.06. The maximum atomic E-state index is 13.1. The molecule has 0 aromatic heterocycles. The number of nitrogens with zero attached hydrogens (tertiary/aromatic N) is 1. The van der Waals surface area contributed by atoms with Crippen LogP contribution >= 0.6 is 0 Å². The summed E-state index contributed by atoms with van der Waals surface area (Å²) in [5.41, 5.74) is 8.12. The van der Waals surface area contributed by atoms with E-state index in [0.717, 1.165) is 16.9 Å². The number of hydrogen-bond acceptors (Lipinski definition) is 3. The molecule has 0 aliphatic carbocycles. The first-order valence-corrected chi connectivity index (χ1v) is 5.63. The van der Waals surface area contributed by atoms with Crippen LogP contribution < -0.4 is 10.6 Å². The monoisotopic (exact) mass is 246 g/mol. The van der Waals surface area contributed by atoms with Crippen LogP contribution in [0.2, 0.25) is 0 Å². The maximum absolute atomic E-state index is 13.1. The van der Waals surface area contributed by atoms with E-state index in [1.807, 2.05) is 11.9 Å². The molecule has 94 valence electrons. The molecule has 0 fully saturated rings. The van der Waals surface area contributed by atoms with Gasteiger partial charge in [0, 0.05) is 25.0 Å². The maximum Gasteiger partial charge on any atom is 0.123 e. The molecule has 0 atom stereocenters. The fourth-order valence-corrected chi connectivity index (χ4v) is 1.86. The van der Waals surface area contributed by atoms with Gasteiger partial charge in [-0.05, 0) is 48.0 Å². The largest absolute Gasteiger partial charge is 0.508 e. The molecule has 0 aliphatic heterocycles. The minimum atomic E-state index is -0.293. The van der Waals surface area contributed by atoms with Gasteiger partial charge in [0.1, 0.15) is 11.6 Å². The molecule has 0 spiro atoms. The first-order valence-electron chi connectivity index (χ1n) is 5.63. The van der Waals surface area contributed by atoms with Crippen molar-refractivity contribution in [3.8, 4) is 5.75 Å². The van der Waals surface area contributed by atoms with Gasteiger partial charge in [-0.15, -0.1) is 0 Å². The molecule has 0 unspecified atom stereocenters. The number of phenolic OH excluding ortho intramolecular Hbond substituents is 1. The third-order valence-corrected chi connectivity index (χ3v) is 2.86. The van der Waals surface area contributed by atoms with Gasteiger partial charge in [-0.1, -0.05) is 0 Å². The van der Waals surface area contributed by atoms with Gasteiger partial charge in [0.2, 0.25) is 0 Å². The number of hydrogen-bond donors (Lipinski definition) is 2. The van der Waals surface area contributed by atoms with Gasteiger partial charge in [-0.25, -0.2) is 4.39 Å². The van der Waals surface area contributed by atoms with Crippen LogP contribution in [0.1, 0.15) is 5.56 Å². The molecule has 2 rings (SSSR count). The van der Waals surface area contributed by atoms with E-state index in [9.17, 15) is 9.50 Å². The van der Waals surface area contributed by atoms with E-state index < -0.39 is 0 Å². The van der Waals surface area contributed by atoms with Crippen LogP contribution in [0, 0.1) is 5.82 Å². The van der Waals surface area contributed by atoms with E-state index in [0.29, 0.717) is 0 Å². The molecule has 18 heavy (non-hydrogen) atoms. The fraction of sp³-hybridized carbons (Fsp3) is 0.143. The summed E-state index contributed by atoms with van der Waals surface area (Å²) in [5.74, 6) is -0.0800. The topological polar surface area (TPSA) is 49.5 Å². The summed E-state index contributed by atoms with van der Waals surface area (Å²) in [4.78, 5) is 1.90. The summed E-state index contributed by atoms with van der Waals surface area (Å²) < 4.78 is 13.1. The second-order valence-electron chi connectivity index (χ2n) is 4.05. The van der Waals surface area contributed by atoms with E-state index in [2.05, 4.69) is 0 Å². The molecule has 2 aromatic carbocycles. The van der Waals surface area contributed by atoms with Crippen molar-refractivity contribution in [1.29, 1.82) is 0 Å². The van der Waals surface area contributed by atoms with Crippen molar-refractivity contribution in [2.45, 2.75) is 6.54 Å². The normalized spacial score (nSPS) is 10.4. The highest BCUT2D eigenvalue weighted by Crippen LogP contribution is 2.28. The molecular weight excluding hydrogens is 231 g/mol. The lowest BCUT2D eigenvalue weighted by Gasteiger charge is -2.22. The smallest absolute Gasteiger partial charge is 0.123 e. The lowest BCUT2D eigenvalue weighted by atomic mass is 10.1. The Kier molecular flexibility index (Phi) is 3.48. The molecule has 2 aromatic rings. The molecule has 0 aliphatic rings. The third kappa shape index (κ3) is 2.43. The van der Waals surface area contributed by atoms with E-state index in [-0.39, 0.29) is 18.1 Å². The quantitative estimate of drug-likeness (QED) is 0.875. The standard InChI is InChI=1S/C14H15FN2O/c1-17(12-3-5-13(18)6-4-12)14-7-2-11(15)8-10(14)9-16/h2-8,18H,9,16H2,1H3. The molecule has 0 amide bonds. The molecule has 3 nitrogen and oxygen atoms in total. The summed E-state index contributed by atoms with van der Waals surface area (Å²) >= 11 is 0. The lowest BCUT2D eigenvalue weighted by molar-refractivity contribution is 0.475. The molecule has 0 saturated carbocycles. The summed E-state index contributed by atoms with van der Waals surface area (Å²) in [7, 11) is 1.87. The SMILES string of the molecule is CN(c1ccc(O)cc1)c1ccc(F)cc1CN. The Morgan fingerprint density at radius 2 is 1.83 bits per heavy atom. The average Bonchev–Trinajstić information content (AvgIpc) is 2.38. The van der Waals surface area contributed by atoms with Gasteiger partial charge in [0.05, 0.1) is 0 Å². The Bertz CT molecular complexity index is 540. The number of benzene rings is 2. The minimum absolute atomic E-state index is 0.213. The summed E-state index contributed by atoms with van der Waals surface area (Å²) in [5, 5.41) is 9.26. The van der Waals surface area contributed by atoms with Gasteiger partial charge < -0.3 is 15.7 Å². The zero-order chi connectivity index (χ0) is 13.1. The lowest BCUT2D eigenvalue weighted by Crippen LogP contribution is -2.13. The molecule has 0 saturated heterocycles. The highest BCUT2D eigenvalue weighted by Gasteiger charge is 2.09. The van der Waals surface area contributed by atoms with Crippen LogP contribution in [-0.4, -0.2) is 12.2 Å². The Labute approximate surface area is 105 Å². The van der Waals surface area contributed by atoms with Gasteiger partial charge in [-0.2, -0.15) is 0 Å². The van der Waals surface area contributed by atoms with E-state index in [1.54, 1.807) is 30.3 Å². The number of anilines is 2. The van der Waals surface area contributed by atoms with Crippen molar-refractivity contribution < 1.29 is 9.50 Å². The van der Waals surface area contributed by atoms with Crippen LogP contribution in [0.15, 0.2) is 42.5 Å². The van der Waals surface area contributed by atoms with Crippen molar-refractivity contribution in [2.24, 2.45) is 5.73 Å². The number of nitrogens with two attached hydrogens (primary N) is 1. The summed E-state index contributed by atoms with van der Waals surface area (Å²) in [6.45, 7) is 0.273. The molecule has 4 heteroatoms. The number of halogens is 1. The van der Waals surface area contributed by atoms with Crippen molar-refractivity contribution in [1.82, 2.24) is 0 Å². The Hall–Kier alpha value is -2.07. The summed E-state index contributed by atoms with van der Waals surface area (Å²) in [6.07, 6.45) is 0. The number of rotatable bonds is 3. The van der Waals surface area contributed by atoms with E-state index in [1.165, 1.54) is 12.1 Å². The third-order valence-electron chi connectivity index (χ3n) is 2.86. The van der Waals surface area contributed by atoms with Gasteiger partial charge in [0.15, 0.2) is 0 Å². The Morgan fingerprint density at radius 3 is 2.44 bits per heavy atom. The molecule has 0 radical (unpaired) electrons. The number of aromatic hydroxyl groups is 1.